The Morgan fingerprint density at radius 2 is 1.22 bits per heavy atom. The average Bonchev–Trinajstić information content (AvgIpc) is 1.84. The Labute approximate surface area is 63.2 Å². The smallest absolute Gasteiger partial charge is 0.411 e. The van der Waals surface area contributed by atoms with E-state index in [0.717, 1.165) is 0 Å². The van der Waals surface area contributed by atoms with Gasteiger partial charge in [-0.25, -0.2) is 0 Å². The van der Waals surface area contributed by atoms with Crippen molar-refractivity contribution in [2.45, 2.75) is 13.8 Å². The molecule has 0 aliphatic heterocycles. The van der Waals surface area contributed by atoms with Crippen LogP contribution in [0.4, 0.5) is 0 Å². The van der Waals surface area contributed by atoms with E-state index in [4.69, 9.17) is 10.4 Å². The Morgan fingerprint density at radius 1 is 1.00 bits per heavy atom. The van der Waals surface area contributed by atoms with E-state index < -0.39 is 0 Å². The van der Waals surface area contributed by atoms with Gasteiger partial charge in [-0.05, 0) is 13.8 Å². The predicted molar refractivity (Wildman–Crippen MR) is 29.8 cm³/mol. The van der Waals surface area contributed by atoms with Crippen molar-refractivity contribution in [3.63, 3.8) is 0 Å². The second kappa shape index (κ2) is 5.57. The van der Waals surface area contributed by atoms with Crippen LogP contribution in [0.2, 0.25) is 0 Å². The first-order chi connectivity index (χ1) is 3.72. The summed E-state index contributed by atoms with van der Waals surface area (Å²) in [5, 5.41) is 21.6. The maximum Gasteiger partial charge on any atom is 2.00 e. The molecular weight excluding hydrogens is 167 g/mol. The monoisotopic (exact) mass is 174 g/mol. The van der Waals surface area contributed by atoms with E-state index in [1.165, 1.54) is 13.8 Å². The van der Waals surface area contributed by atoms with Gasteiger partial charge in [-0.2, -0.15) is 0 Å². The summed E-state index contributed by atoms with van der Waals surface area (Å²) in [7, 11) is 0. The van der Waals surface area contributed by atoms with E-state index in [1.54, 1.807) is 0 Å². The number of hydrogen-bond acceptors (Lipinski definition) is 4. The van der Waals surface area contributed by atoms with Crippen LogP contribution >= 0.6 is 0 Å². The fourth-order valence-corrected chi connectivity index (χ4v) is 0.145. The molecule has 0 rings (SSSR count). The average molecular weight is 175 g/mol. The molecule has 0 amide bonds. The van der Waals surface area contributed by atoms with Crippen molar-refractivity contribution in [3.05, 3.63) is 0 Å². The van der Waals surface area contributed by atoms with Crippen LogP contribution in [0.5, 0.6) is 0 Å². The molecule has 0 aromatic heterocycles. The minimum absolute atomic E-state index is 0. The number of nitrogens with zero attached hydrogens (tertiary/aromatic N) is 2. The van der Waals surface area contributed by atoms with Gasteiger partial charge in [0.1, 0.15) is 11.4 Å². The van der Waals surface area contributed by atoms with Crippen LogP contribution < -0.4 is 0 Å². The fraction of sp³-hybridized carbons (Fsp3) is 0.500. The van der Waals surface area contributed by atoms with Crippen LogP contribution in [0.1, 0.15) is 13.8 Å². The van der Waals surface area contributed by atoms with Crippen LogP contribution in [0.25, 0.3) is 0 Å². The molecule has 0 fully saturated rings. The van der Waals surface area contributed by atoms with E-state index in [-0.39, 0.29) is 16.5 Å². The topological polar surface area (TPSA) is 65.2 Å². The Kier molecular flexibility index (Phi) is 6.97. The van der Waals surface area contributed by atoms with Crippen LogP contribution in [-0.2, 0) is 16.5 Å². The molecule has 0 radical (unpaired) electrons. The molecule has 54 valence electrons. The number of hydrogen-bond donors (Lipinski definition) is 2. The molecule has 0 heterocycles. The molecule has 2 N–H and O–H groups in total. The third kappa shape index (κ3) is 3.97. The molecule has 0 saturated carbocycles. The molecule has 0 bridgehead atoms. The molecule has 0 atom stereocenters. The first-order valence-electron chi connectivity index (χ1n) is 2.10. The van der Waals surface area contributed by atoms with Crippen molar-refractivity contribution in [1.82, 2.24) is 0 Å². The molecule has 4 nitrogen and oxygen atoms in total. The normalized spacial score (nSPS) is 12.7. The largest absolute Gasteiger partial charge is 2.00 e. The summed E-state index contributed by atoms with van der Waals surface area (Å²) >= 11 is 0. The van der Waals surface area contributed by atoms with Gasteiger partial charge < -0.3 is 10.4 Å². The Balaban J connectivity index is 0. The van der Waals surface area contributed by atoms with Gasteiger partial charge in [0, 0.05) is 0 Å². The standard InChI is InChI=1S/C4H8N2O2.Ni/c1-3(5-7)4(2)6-8;/h7-8H,1-2H3;/q;+2/b5-3-,6-4-;. The Hall–Kier alpha value is -0.566. The summed E-state index contributed by atoms with van der Waals surface area (Å²) in [5.74, 6) is 0. The molecule has 0 aromatic rings. The quantitative estimate of drug-likeness (QED) is 0.266. The van der Waals surface area contributed by atoms with Gasteiger partial charge in [0.2, 0.25) is 0 Å². The zero-order valence-electron chi connectivity index (χ0n) is 5.11. The SMILES string of the molecule is CC(=N/O)/C(C)=N\O.[Ni+2]. The Morgan fingerprint density at radius 3 is 1.33 bits per heavy atom. The van der Waals surface area contributed by atoms with Crippen molar-refractivity contribution in [1.29, 1.82) is 0 Å². The third-order valence-electron chi connectivity index (χ3n) is 0.824. The summed E-state index contributed by atoms with van der Waals surface area (Å²) in [5.41, 5.74) is 0.625. The molecule has 0 aliphatic rings. The van der Waals surface area contributed by atoms with E-state index in [0.29, 0.717) is 11.4 Å². The molecule has 9 heavy (non-hydrogen) atoms. The van der Waals surface area contributed by atoms with Crippen LogP contribution in [0, 0.1) is 0 Å². The summed E-state index contributed by atoms with van der Waals surface area (Å²) in [6.45, 7) is 3.07. The van der Waals surface area contributed by atoms with Crippen molar-refractivity contribution < 1.29 is 26.9 Å². The summed E-state index contributed by atoms with van der Waals surface area (Å²) in [4.78, 5) is 0. The molecular formula is C4H8N2NiO2+2. The van der Waals surface area contributed by atoms with E-state index in [2.05, 4.69) is 10.3 Å². The van der Waals surface area contributed by atoms with Gasteiger partial charge in [0.25, 0.3) is 0 Å². The maximum absolute atomic E-state index is 8.03. The molecule has 0 aromatic carbocycles. The van der Waals surface area contributed by atoms with Crippen molar-refractivity contribution in [2.75, 3.05) is 0 Å². The predicted octanol–water partition coefficient (Wildman–Crippen LogP) is 0.684. The van der Waals surface area contributed by atoms with Gasteiger partial charge in [0.05, 0.1) is 0 Å². The van der Waals surface area contributed by atoms with E-state index in [9.17, 15) is 0 Å². The fourth-order valence-electron chi connectivity index (χ4n) is 0.145. The van der Waals surface area contributed by atoms with Crippen LogP contribution in [0.3, 0.4) is 0 Å². The second-order valence-electron chi connectivity index (χ2n) is 1.37. The zero-order chi connectivity index (χ0) is 6.57. The van der Waals surface area contributed by atoms with Crippen molar-refractivity contribution >= 4 is 11.4 Å². The Bertz CT molecular complexity index is 117. The molecule has 0 spiro atoms. The number of oxime groups is 2. The van der Waals surface area contributed by atoms with Gasteiger partial charge in [0.15, 0.2) is 0 Å². The van der Waals surface area contributed by atoms with Crippen LogP contribution in [0.15, 0.2) is 10.3 Å². The summed E-state index contributed by atoms with van der Waals surface area (Å²) in [6.07, 6.45) is 0. The van der Waals surface area contributed by atoms with Gasteiger partial charge in [-0.3, -0.25) is 0 Å². The van der Waals surface area contributed by atoms with Gasteiger partial charge >= 0.3 is 16.5 Å². The summed E-state index contributed by atoms with van der Waals surface area (Å²) in [6, 6.07) is 0. The van der Waals surface area contributed by atoms with E-state index >= 15 is 0 Å². The maximum atomic E-state index is 8.03. The minimum atomic E-state index is 0. The van der Waals surface area contributed by atoms with Gasteiger partial charge in [-0.1, -0.05) is 10.3 Å². The number of rotatable bonds is 1. The third-order valence-corrected chi connectivity index (χ3v) is 0.824. The first-order valence-corrected chi connectivity index (χ1v) is 2.10. The minimum Gasteiger partial charge on any atom is -0.411 e. The molecule has 0 unspecified atom stereocenters. The van der Waals surface area contributed by atoms with Gasteiger partial charge in [-0.15, -0.1) is 0 Å². The second-order valence-corrected chi connectivity index (χ2v) is 1.37. The van der Waals surface area contributed by atoms with Crippen molar-refractivity contribution in [2.24, 2.45) is 10.3 Å². The summed E-state index contributed by atoms with van der Waals surface area (Å²) < 4.78 is 0. The van der Waals surface area contributed by atoms with E-state index in [1.807, 2.05) is 0 Å². The molecule has 0 aliphatic carbocycles. The first kappa shape index (κ1) is 11.3. The zero-order valence-corrected chi connectivity index (χ0v) is 6.09. The van der Waals surface area contributed by atoms with Crippen LogP contribution in [-0.4, -0.2) is 21.8 Å². The molecule has 5 heteroatoms. The van der Waals surface area contributed by atoms with Crippen molar-refractivity contribution in [3.8, 4) is 0 Å². The molecule has 0 saturated heterocycles.